The third kappa shape index (κ3) is 2.39. The zero-order chi connectivity index (χ0) is 16.7. The maximum Gasteiger partial charge on any atom is 0.335 e. The van der Waals surface area contributed by atoms with Crippen LogP contribution in [0.3, 0.4) is 0 Å². The van der Waals surface area contributed by atoms with Crippen molar-refractivity contribution in [3.63, 3.8) is 0 Å². The molecule has 0 aliphatic carbocycles. The van der Waals surface area contributed by atoms with Crippen molar-refractivity contribution in [2.75, 3.05) is 11.9 Å². The van der Waals surface area contributed by atoms with Crippen molar-refractivity contribution in [3.05, 3.63) is 64.1 Å². The van der Waals surface area contributed by atoms with Crippen LogP contribution in [0.4, 0.5) is 5.82 Å². The van der Waals surface area contributed by atoms with Gasteiger partial charge in [0.2, 0.25) is 0 Å². The summed E-state index contributed by atoms with van der Waals surface area (Å²) in [4.78, 5) is 11.0. The van der Waals surface area contributed by atoms with E-state index in [0.717, 1.165) is 40.2 Å². The lowest BCUT2D eigenvalue weighted by Gasteiger charge is -2.07. The van der Waals surface area contributed by atoms with Crippen molar-refractivity contribution in [2.45, 2.75) is 6.42 Å². The Kier molecular flexibility index (Phi) is 3.61. The van der Waals surface area contributed by atoms with Crippen LogP contribution in [-0.4, -0.2) is 27.4 Å². The van der Waals surface area contributed by atoms with Gasteiger partial charge in [0.15, 0.2) is 0 Å². The third-order valence-corrected chi connectivity index (χ3v) is 4.83. The molecule has 0 saturated heterocycles. The molecule has 0 radical (unpaired) electrons. The number of fused-ring (bicyclic) bond motifs is 1. The largest absolute Gasteiger partial charge is 0.478 e. The minimum absolute atomic E-state index is 0.265. The zero-order valence-electron chi connectivity index (χ0n) is 12.7. The molecule has 0 unspecified atom stereocenters. The molecule has 6 heteroatoms. The second-order valence-electron chi connectivity index (χ2n) is 5.60. The summed E-state index contributed by atoms with van der Waals surface area (Å²) in [6.07, 6.45) is 0.916. The normalized spacial score (nSPS) is 12.7. The van der Waals surface area contributed by atoms with Crippen molar-refractivity contribution in [2.24, 2.45) is 0 Å². The van der Waals surface area contributed by atoms with Crippen LogP contribution in [0.1, 0.15) is 15.9 Å². The Morgan fingerprint density at radius 3 is 2.62 bits per heavy atom. The topological polar surface area (TPSA) is 67.1 Å². The molecule has 0 spiro atoms. The van der Waals surface area contributed by atoms with Gasteiger partial charge in [0.1, 0.15) is 5.82 Å². The summed E-state index contributed by atoms with van der Waals surface area (Å²) >= 11 is 3.60. The summed E-state index contributed by atoms with van der Waals surface area (Å²) < 4.78 is 2.86. The first kappa shape index (κ1) is 15.0. The number of nitrogens with zero attached hydrogens (tertiary/aromatic N) is 2. The summed E-state index contributed by atoms with van der Waals surface area (Å²) in [7, 11) is 0. The fourth-order valence-corrected chi connectivity index (χ4v) is 3.45. The molecule has 0 fully saturated rings. The van der Waals surface area contributed by atoms with E-state index in [-0.39, 0.29) is 5.56 Å². The molecule has 1 aromatic heterocycles. The maximum absolute atomic E-state index is 11.0. The van der Waals surface area contributed by atoms with E-state index in [1.54, 1.807) is 24.3 Å². The molecule has 0 amide bonds. The van der Waals surface area contributed by atoms with Gasteiger partial charge in [-0.1, -0.05) is 34.1 Å². The highest BCUT2D eigenvalue weighted by Gasteiger charge is 2.24. The summed E-state index contributed by atoms with van der Waals surface area (Å²) in [5, 5.41) is 17.2. The van der Waals surface area contributed by atoms with Crippen LogP contribution in [-0.2, 0) is 6.42 Å². The first-order chi connectivity index (χ1) is 11.6. The van der Waals surface area contributed by atoms with Crippen molar-refractivity contribution in [3.8, 4) is 16.9 Å². The fourth-order valence-electron chi connectivity index (χ4n) is 2.98. The Hall–Kier alpha value is -2.60. The van der Waals surface area contributed by atoms with Gasteiger partial charge in [0, 0.05) is 22.1 Å². The molecule has 0 bridgehead atoms. The number of hydrogen-bond acceptors (Lipinski definition) is 3. The Morgan fingerprint density at radius 1 is 1.17 bits per heavy atom. The summed E-state index contributed by atoms with van der Waals surface area (Å²) in [6.45, 7) is 0.873. The van der Waals surface area contributed by atoms with Crippen LogP contribution in [0.5, 0.6) is 0 Å². The molecule has 2 N–H and O–H groups in total. The lowest BCUT2D eigenvalue weighted by molar-refractivity contribution is 0.0697. The molecule has 1 aliphatic rings. The summed E-state index contributed by atoms with van der Waals surface area (Å²) in [5.41, 5.74) is 4.29. The molecule has 2 aromatic carbocycles. The number of anilines is 1. The number of aromatic carboxylic acids is 1. The molecule has 0 atom stereocenters. The summed E-state index contributed by atoms with van der Waals surface area (Å²) in [5.74, 6) is 0.0445. The van der Waals surface area contributed by atoms with Crippen LogP contribution >= 0.6 is 15.9 Å². The molecule has 1 aliphatic heterocycles. The van der Waals surface area contributed by atoms with Crippen LogP contribution in [0.25, 0.3) is 16.9 Å². The second kappa shape index (κ2) is 5.79. The van der Waals surface area contributed by atoms with E-state index >= 15 is 0 Å². The lowest BCUT2D eigenvalue weighted by atomic mass is 10.1. The molecule has 3 aromatic rings. The molecule has 2 heterocycles. The van der Waals surface area contributed by atoms with E-state index in [2.05, 4.69) is 21.2 Å². The SMILES string of the molecule is O=C(O)c1ccc(-n2nc(-c3ccccc3Br)c3c2NCC3)cc1. The van der Waals surface area contributed by atoms with Gasteiger partial charge < -0.3 is 10.4 Å². The molecular weight excluding hydrogens is 370 g/mol. The molecule has 4 rings (SSSR count). The minimum Gasteiger partial charge on any atom is -0.478 e. The number of benzene rings is 2. The zero-order valence-corrected chi connectivity index (χ0v) is 14.2. The van der Waals surface area contributed by atoms with Gasteiger partial charge in [-0.15, -0.1) is 0 Å². The van der Waals surface area contributed by atoms with Gasteiger partial charge in [-0.2, -0.15) is 5.10 Å². The Bertz CT molecular complexity index is 932. The van der Waals surface area contributed by atoms with Gasteiger partial charge >= 0.3 is 5.97 Å². The number of rotatable bonds is 3. The maximum atomic E-state index is 11.0. The van der Waals surface area contributed by atoms with E-state index in [1.807, 2.05) is 28.9 Å². The Morgan fingerprint density at radius 2 is 1.92 bits per heavy atom. The van der Waals surface area contributed by atoms with E-state index in [1.165, 1.54) is 5.56 Å². The number of halogens is 1. The van der Waals surface area contributed by atoms with Crippen molar-refractivity contribution < 1.29 is 9.90 Å². The number of carboxylic acid groups (broad SMARTS) is 1. The first-order valence-corrected chi connectivity index (χ1v) is 8.39. The minimum atomic E-state index is -0.931. The molecule has 0 saturated carbocycles. The summed E-state index contributed by atoms with van der Waals surface area (Å²) in [6, 6.07) is 14.8. The van der Waals surface area contributed by atoms with Gasteiger partial charge in [-0.05, 0) is 36.8 Å². The van der Waals surface area contributed by atoms with Crippen molar-refractivity contribution in [1.29, 1.82) is 0 Å². The van der Waals surface area contributed by atoms with Crippen molar-refractivity contribution >= 4 is 27.7 Å². The predicted molar refractivity (Wildman–Crippen MR) is 95.9 cm³/mol. The highest BCUT2D eigenvalue weighted by molar-refractivity contribution is 9.10. The number of aromatic nitrogens is 2. The number of carboxylic acids is 1. The fraction of sp³-hybridized carbons (Fsp3) is 0.111. The van der Waals surface area contributed by atoms with Gasteiger partial charge in [-0.25, -0.2) is 9.48 Å². The number of hydrogen-bond donors (Lipinski definition) is 2. The smallest absolute Gasteiger partial charge is 0.335 e. The third-order valence-electron chi connectivity index (χ3n) is 4.14. The standard InChI is InChI=1S/C18H14BrN3O2/c19-15-4-2-1-3-13(15)16-14-9-10-20-17(14)22(21-16)12-7-5-11(6-8-12)18(23)24/h1-8,20H,9-10H2,(H,23,24). The Balaban J connectivity index is 1.85. The van der Waals surface area contributed by atoms with Crippen LogP contribution in [0, 0.1) is 0 Å². The van der Waals surface area contributed by atoms with Gasteiger partial charge in [0.25, 0.3) is 0 Å². The quantitative estimate of drug-likeness (QED) is 0.717. The molecule has 24 heavy (non-hydrogen) atoms. The predicted octanol–water partition coefficient (Wildman–Crippen LogP) is 3.97. The molecule has 120 valence electrons. The van der Waals surface area contributed by atoms with E-state index in [0.29, 0.717) is 0 Å². The second-order valence-corrected chi connectivity index (χ2v) is 6.45. The first-order valence-electron chi connectivity index (χ1n) is 7.59. The molecular formula is C18H14BrN3O2. The monoisotopic (exact) mass is 383 g/mol. The van der Waals surface area contributed by atoms with Crippen LogP contribution in [0.15, 0.2) is 53.0 Å². The van der Waals surface area contributed by atoms with Gasteiger partial charge in [-0.3, -0.25) is 0 Å². The molecule has 5 nitrogen and oxygen atoms in total. The van der Waals surface area contributed by atoms with E-state index in [4.69, 9.17) is 10.2 Å². The highest BCUT2D eigenvalue weighted by Crippen LogP contribution is 2.37. The highest BCUT2D eigenvalue weighted by atomic mass is 79.9. The average Bonchev–Trinajstić information content (AvgIpc) is 3.18. The van der Waals surface area contributed by atoms with E-state index in [9.17, 15) is 4.79 Å². The average molecular weight is 384 g/mol. The van der Waals surface area contributed by atoms with Crippen molar-refractivity contribution in [1.82, 2.24) is 9.78 Å². The number of nitrogens with one attached hydrogen (secondary N) is 1. The van der Waals surface area contributed by atoms with Gasteiger partial charge in [0.05, 0.1) is 16.9 Å². The van der Waals surface area contributed by atoms with Crippen LogP contribution < -0.4 is 5.32 Å². The Labute approximate surface area is 147 Å². The van der Waals surface area contributed by atoms with E-state index < -0.39 is 5.97 Å². The lowest BCUT2D eigenvalue weighted by Crippen LogP contribution is -2.05. The van der Waals surface area contributed by atoms with Crippen LogP contribution in [0.2, 0.25) is 0 Å². The number of carbonyl (C=O) groups is 1.